The normalized spacial score (nSPS) is 23.2. The molecule has 0 aromatic heterocycles. The average Bonchev–Trinajstić information content (AvgIpc) is 2.37. The van der Waals surface area contributed by atoms with Gasteiger partial charge in [-0.2, -0.15) is 13.2 Å². The van der Waals surface area contributed by atoms with Crippen LogP contribution in [0.1, 0.15) is 38.5 Å². The fraction of sp³-hybridized carbons (Fsp3) is 0.909. The van der Waals surface area contributed by atoms with E-state index in [0.29, 0.717) is 12.8 Å². The maximum atomic E-state index is 11.8. The minimum Gasteiger partial charge on any atom is -0.372 e. The molecule has 1 fully saturated rings. The summed E-state index contributed by atoms with van der Waals surface area (Å²) in [6, 6.07) is 0. The molecular formula is C11H17F3O2. The monoisotopic (exact) mass is 238 g/mol. The van der Waals surface area contributed by atoms with Crippen molar-refractivity contribution >= 4 is 5.78 Å². The summed E-state index contributed by atoms with van der Waals surface area (Å²) in [4.78, 5) is 11.5. The Labute approximate surface area is 93.2 Å². The largest absolute Gasteiger partial charge is 0.411 e. The van der Waals surface area contributed by atoms with E-state index in [0.717, 1.165) is 25.7 Å². The molecule has 0 N–H and O–H groups in total. The van der Waals surface area contributed by atoms with E-state index < -0.39 is 12.8 Å². The quantitative estimate of drug-likeness (QED) is 0.555. The molecule has 0 radical (unpaired) electrons. The predicted octanol–water partition coefficient (Wildman–Crippen LogP) is 3.10. The highest BCUT2D eigenvalue weighted by molar-refractivity contribution is 5.81. The van der Waals surface area contributed by atoms with Crippen LogP contribution in [-0.2, 0) is 9.53 Å². The van der Waals surface area contributed by atoms with Gasteiger partial charge < -0.3 is 4.74 Å². The first kappa shape index (κ1) is 13.5. The SMILES string of the molecule is O=C1CCCCCC1CCOCC(F)(F)F. The van der Waals surface area contributed by atoms with Gasteiger partial charge in [0.2, 0.25) is 0 Å². The maximum Gasteiger partial charge on any atom is 0.411 e. The van der Waals surface area contributed by atoms with Crippen LogP contribution in [0.3, 0.4) is 0 Å². The van der Waals surface area contributed by atoms with Crippen LogP contribution in [0, 0.1) is 5.92 Å². The van der Waals surface area contributed by atoms with E-state index in [-0.39, 0.29) is 18.3 Å². The van der Waals surface area contributed by atoms with Gasteiger partial charge in [0, 0.05) is 18.9 Å². The van der Waals surface area contributed by atoms with Gasteiger partial charge in [0.05, 0.1) is 0 Å². The standard InChI is InChI=1S/C11H17F3O2/c12-11(13,14)8-16-7-6-9-4-2-1-3-5-10(9)15/h9H,1-8H2. The van der Waals surface area contributed by atoms with Gasteiger partial charge in [0.25, 0.3) is 0 Å². The summed E-state index contributed by atoms with van der Waals surface area (Å²) in [5.41, 5.74) is 0. The van der Waals surface area contributed by atoms with E-state index in [4.69, 9.17) is 0 Å². The Morgan fingerprint density at radius 2 is 2.00 bits per heavy atom. The Morgan fingerprint density at radius 1 is 1.25 bits per heavy atom. The molecule has 0 aliphatic heterocycles. The van der Waals surface area contributed by atoms with Gasteiger partial charge >= 0.3 is 6.18 Å². The molecule has 0 heterocycles. The molecule has 1 rings (SSSR count). The summed E-state index contributed by atoms with van der Waals surface area (Å²) in [7, 11) is 0. The zero-order chi connectivity index (χ0) is 12.0. The number of ether oxygens (including phenoxy) is 1. The van der Waals surface area contributed by atoms with Crippen LogP contribution in [-0.4, -0.2) is 25.2 Å². The molecule has 0 saturated heterocycles. The third-order valence-corrected chi connectivity index (χ3v) is 2.81. The molecule has 1 saturated carbocycles. The summed E-state index contributed by atoms with van der Waals surface area (Å²) in [6.07, 6.45) is 0.487. The van der Waals surface area contributed by atoms with Crippen LogP contribution < -0.4 is 0 Å². The number of Topliss-reactive ketones (excluding diaryl/α,β-unsaturated/α-hetero) is 1. The van der Waals surface area contributed by atoms with Crippen LogP contribution in [0.2, 0.25) is 0 Å². The summed E-state index contributed by atoms with van der Waals surface area (Å²) in [6.45, 7) is -1.19. The first-order chi connectivity index (χ1) is 7.49. The van der Waals surface area contributed by atoms with Gasteiger partial charge in [0.15, 0.2) is 0 Å². The highest BCUT2D eigenvalue weighted by atomic mass is 19.4. The second kappa shape index (κ2) is 6.23. The number of hydrogen-bond acceptors (Lipinski definition) is 2. The van der Waals surface area contributed by atoms with Gasteiger partial charge in [0.1, 0.15) is 12.4 Å². The van der Waals surface area contributed by atoms with E-state index in [2.05, 4.69) is 4.74 Å². The van der Waals surface area contributed by atoms with Crippen molar-refractivity contribution in [1.82, 2.24) is 0 Å². The van der Waals surface area contributed by atoms with E-state index in [1.807, 2.05) is 0 Å². The van der Waals surface area contributed by atoms with Gasteiger partial charge in [-0.3, -0.25) is 4.79 Å². The number of carbonyl (C=O) groups excluding carboxylic acids is 1. The fourth-order valence-corrected chi connectivity index (χ4v) is 1.95. The number of hydrogen-bond donors (Lipinski definition) is 0. The zero-order valence-corrected chi connectivity index (χ0v) is 9.18. The molecule has 1 unspecified atom stereocenters. The molecule has 16 heavy (non-hydrogen) atoms. The Kier molecular flexibility index (Phi) is 5.25. The van der Waals surface area contributed by atoms with Crippen LogP contribution in [0.25, 0.3) is 0 Å². The summed E-state index contributed by atoms with van der Waals surface area (Å²) >= 11 is 0. The molecule has 1 atom stereocenters. The van der Waals surface area contributed by atoms with Crippen molar-refractivity contribution in [3.8, 4) is 0 Å². The number of halogens is 3. The summed E-state index contributed by atoms with van der Waals surface area (Å²) < 4.78 is 39.8. The number of rotatable bonds is 4. The average molecular weight is 238 g/mol. The number of ketones is 1. The predicted molar refractivity (Wildman–Crippen MR) is 53.1 cm³/mol. The lowest BCUT2D eigenvalue weighted by Gasteiger charge is -2.13. The van der Waals surface area contributed by atoms with Crippen LogP contribution in [0.5, 0.6) is 0 Å². The van der Waals surface area contributed by atoms with Crippen molar-refractivity contribution in [1.29, 1.82) is 0 Å². The van der Waals surface area contributed by atoms with Crippen molar-refractivity contribution in [2.75, 3.05) is 13.2 Å². The smallest absolute Gasteiger partial charge is 0.372 e. The number of alkyl halides is 3. The Balaban J connectivity index is 2.18. The Morgan fingerprint density at radius 3 is 2.69 bits per heavy atom. The molecule has 0 amide bonds. The summed E-state index contributed by atoms with van der Waals surface area (Å²) in [5, 5.41) is 0. The van der Waals surface area contributed by atoms with E-state index in [1.54, 1.807) is 0 Å². The van der Waals surface area contributed by atoms with Crippen molar-refractivity contribution in [2.45, 2.75) is 44.7 Å². The molecule has 0 aromatic rings. The highest BCUT2D eigenvalue weighted by Gasteiger charge is 2.28. The van der Waals surface area contributed by atoms with Crippen molar-refractivity contribution in [2.24, 2.45) is 5.92 Å². The first-order valence-corrected chi connectivity index (χ1v) is 5.66. The second-order valence-corrected chi connectivity index (χ2v) is 4.22. The highest BCUT2D eigenvalue weighted by Crippen LogP contribution is 2.23. The third kappa shape index (κ3) is 5.49. The lowest BCUT2D eigenvalue weighted by atomic mass is 9.96. The molecule has 0 spiro atoms. The van der Waals surface area contributed by atoms with E-state index in [1.165, 1.54) is 0 Å². The minimum atomic E-state index is -4.27. The van der Waals surface area contributed by atoms with E-state index in [9.17, 15) is 18.0 Å². The maximum absolute atomic E-state index is 11.8. The Bertz CT molecular complexity index is 226. The number of carbonyl (C=O) groups is 1. The van der Waals surface area contributed by atoms with Gasteiger partial charge in [-0.05, 0) is 19.3 Å². The van der Waals surface area contributed by atoms with Crippen molar-refractivity contribution in [3.05, 3.63) is 0 Å². The molecule has 94 valence electrons. The van der Waals surface area contributed by atoms with Crippen LogP contribution in [0.15, 0.2) is 0 Å². The van der Waals surface area contributed by atoms with Crippen molar-refractivity contribution in [3.63, 3.8) is 0 Å². The molecule has 1 aliphatic carbocycles. The summed E-state index contributed by atoms with van der Waals surface area (Å²) in [5.74, 6) is 0.101. The minimum absolute atomic E-state index is 0.0237. The lowest BCUT2D eigenvalue weighted by molar-refractivity contribution is -0.174. The van der Waals surface area contributed by atoms with E-state index >= 15 is 0 Å². The molecular weight excluding hydrogens is 221 g/mol. The second-order valence-electron chi connectivity index (χ2n) is 4.22. The third-order valence-electron chi connectivity index (χ3n) is 2.81. The molecule has 5 heteroatoms. The topological polar surface area (TPSA) is 26.3 Å². The van der Waals surface area contributed by atoms with Gasteiger partial charge in [-0.25, -0.2) is 0 Å². The molecule has 1 aliphatic rings. The van der Waals surface area contributed by atoms with Crippen LogP contribution in [0.4, 0.5) is 13.2 Å². The fourth-order valence-electron chi connectivity index (χ4n) is 1.95. The van der Waals surface area contributed by atoms with Crippen molar-refractivity contribution < 1.29 is 22.7 Å². The Hall–Kier alpha value is -0.580. The molecule has 2 nitrogen and oxygen atoms in total. The van der Waals surface area contributed by atoms with Crippen LogP contribution >= 0.6 is 0 Å². The lowest BCUT2D eigenvalue weighted by Crippen LogP contribution is -2.20. The molecule has 0 aromatic carbocycles. The molecule has 0 bridgehead atoms. The first-order valence-electron chi connectivity index (χ1n) is 5.66. The zero-order valence-electron chi connectivity index (χ0n) is 9.18. The van der Waals surface area contributed by atoms with Gasteiger partial charge in [-0.1, -0.05) is 12.8 Å². The van der Waals surface area contributed by atoms with Gasteiger partial charge in [-0.15, -0.1) is 0 Å².